The van der Waals surface area contributed by atoms with Gasteiger partial charge in [-0.05, 0) is 43.5 Å². The van der Waals surface area contributed by atoms with Crippen LogP contribution in [0.1, 0.15) is 53.7 Å². The van der Waals surface area contributed by atoms with Gasteiger partial charge < -0.3 is 9.64 Å². The summed E-state index contributed by atoms with van der Waals surface area (Å²) in [4.78, 5) is 28.8. The summed E-state index contributed by atoms with van der Waals surface area (Å²) >= 11 is 0. The molecule has 170 valence electrons. The van der Waals surface area contributed by atoms with Crippen LogP contribution in [0, 0.1) is 0 Å². The molecule has 2 aliphatic heterocycles. The molecule has 2 heterocycles. The first kappa shape index (κ1) is 22.2. The molecule has 2 aliphatic rings. The number of carbonyl (C=O) groups excluding carboxylic acids is 2. The fourth-order valence-corrected chi connectivity index (χ4v) is 4.50. The van der Waals surface area contributed by atoms with E-state index >= 15 is 0 Å². The highest BCUT2D eigenvalue weighted by Gasteiger charge is 2.47. The van der Waals surface area contributed by atoms with Gasteiger partial charge in [0.25, 0.3) is 5.91 Å². The third-order valence-corrected chi connectivity index (χ3v) is 6.37. The summed E-state index contributed by atoms with van der Waals surface area (Å²) in [5.74, 6) is -0.438. The normalized spacial score (nSPS) is 22.6. The minimum Gasteiger partial charge on any atom is -0.441 e. The molecule has 4 rings (SSSR count). The summed E-state index contributed by atoms with van der Waals surface area (Å²) in [6.45, 7) is 3.10. The van der Waals surface area contributed by atoms with Crippen LogP contribution in [0.4, 0.5) is 18.0 Å². The molecule has 0 N–H and O–H groups in total. The Morgan fingerprint density at radius 2 is 1.81 bits per heavy atom. The third kappa shape index (κ3) is 4.45. The zero-order valence-electron chi connectivity index (χ0n) is 17.8. The number of nitrogens with zero attached hydrogens (tertiary/aromatic N) is 2. The van der Waals surface area contributed by atoms with Crippen LogP contribution in [-0.4, -0.2) is 47.0 Å². The summed E-state index contributed by atoms with van der Waals surface area (Å²) in [6, 6.07) is 14.0. The van der Waals surface area contributed by atoms with Crippen molar-refractivity contribution in [3.05, 3.63) is 71.3 Å². The predicted molar refractivity (Wildman–Crippen MR) is 112 cm³/mol. The van der Waals surface area contributed by atoms with E-state index in [0.717, 1.165) is 17.7 Å². The molecule has 2 amide bonds. The molecule has 2 aromatic carbocycles. The minimum atomic E-state index is -4.50. The highest BCUT2D eigenvalue weighted by atomic mass is 19.4. The zero-order chi connectivity index (χ0) is 22.9. The Morgan fingerprint density at radius 1 is 1.06 bits per heavy atom. The number of amides is 2. The van der Waals surface area contributed by atoms with E-state index in [1.165, 1.54) is 12.1 Å². The average Bonchev–Trinajstić information content (AvgIpc) is 2.97. The number of likely N-dealkylation sites (tertiary alicyclic amines) is 1. The molecule has 2 fully saturated rings. The molecular weight excluding hydrogens is 421 g/mol. The molecule has 0 aliphatic carbocycles. The molecule has 2 saturated heterocycles. The standard InChI is InChI=1S/C24H25F3N2O3/c1-17(18-7-3-2-4-8-18)29-16-23(32-22(29)31)11-6-13-28(14-12-23)21(30)19-9-5-10-20(15-19)24(25,26)27/h2-5,7-10,15,17H,6,11-14,16H2,1H3/t17-,23?/m1/s1. The molecule has 32 heavy (non-hydrogen) atoms. The SMILES string of the molecule is C[C@H](c1ccccc1)N1CC2(CCCN(C(=O)c3cccc(C(F)(F)F)c3)CC2)OC1=O. The number of ether oxygens (including phenoxy) is 1. The lowest BCUT2D eigenvalue weighted by molar-refractivity contribution is -0.137. The first-order valence-corrected chi connectivity index (χ1v) is 10.7. The fourth-order valence-electron chi connectivity index (χ4n) is 4.50. The second-order valence-corrected chi connectivity index (χ2v) is 8.49. The van der Waals surface area contributed by atoms with Crippen molar-refractivity contribution in [3.8, 4) is 0 Å². The largest absolute Gasteiger partial charge is 0.441 e. The smallest absolute Gasteiger partial charge is 0.416 e. The van der Waals surface area contributed by atoms with Gasteiger partial charge in [-0.15, -0.1) is 0 Å². The fraction of sp³-hybridized carbons (Fsp3) is 0.417. The molecule has 2 aromatic rings. The molecule has 1 spiro atoms. The lowest BCUT2D eigenvalue weighted by atomic mass is 9.94. The number of carbonyl (C=O) groups is 2. The van der Waals surface area contributed by atoms with Crippen LogP contribution < -0.4 is 0 Å². The van der Waals surface area contributed by atoms with Crippen molar-refractivity contribution in [2.75, 3.05) is 19.6 Å². The van der Waals surface area contributed by atoms with Crippen molar-refractivity contribution < 1.29 is 27.5 Å². The second kappa shape index (κ2) is 8.48. The first-order valence-electron chi connectivity index (χ1n) is 10.7. The molecule has 0 bridgehead atoms. The van der Waals surface area contributed by atoms with Crippen LogP contribution in [0.3, 0.4) is 0 Å². The van der Waals surface area contributed by atoms with Gasteiger partial charge in [-0.1, -0.05) is 36.4 Å². The average molecular weight is 446 g/mol. The first-order chi connectivity index (χ1) is 15.2. The number of rotatable bonds is 3. The van der Waals surface area contributed by atoms with Crippen molar-refractivity contribution in [1.82, 2.24) is 9.80 Å². The summed E-state index contributed by atoms with van der Waals surface area (Å²) in [5, 5.41) is 0. The number of hydrogen-bond acceptors (Lipinski definition) is 3. The van der Waals surface area contributed by atoms with Crippen LogP contribution in [0.5, 0.6) is 0 Å². The van der Waals surface area contributed by atoms with E-state index in [1.54, 1.807) is 9.80 Å². The van der Waals surface area contributed by atoms with Gasteiger partial charge in [-0.2, -0.15) is 13.2 Å². The van der Waals surface area contributed by atoms with Gasteiger partial charge in [0.2, 0.25) is 0 Å². The summed E-state index contributed by atoms with van der Waals surface area (Å²) < 4.78 is 44.9. The minimum absolute atomic E-state index is 0.0125. The second-order valence-electron chi connectivity index (χ2n) is 8.49. The van der Waals surface area contributed by atoms with E-state index in [0.29, 0.717) is 38.9 Å². The molecule has 1 unspecified atom stereocenters. The number of benzene rings is 2. The van der Waals surface area contributed by atoms with Gasteiger partial charge in [0.05, 0.1) is 18.2 Å². The highest BCUT2D eigenvalue weighted by Crippen LogP contribution is 2.37. The van der Waals surface area contributed by atoms with Crippen molar-refractivity contribution in [1.29, 1.82) is 0 Å². The molecule has 0 saturated carbocycles. The molecule has 0 aromatic heterocycles. The van der Waals surface area contributed by atoms with Crippen molar-refractivity contribution in [2.24, 2.45) is 0 Å². The van der Waals surface area contributed by atoms with E-state index in [9.17, 15) is 22.8 Å². The quantitative estimate of drug-likeness (QED) is 0.644. The van der Waals surface area contributed by atoms with E-state index in [4.69, 9.17) is 4.74 Å². The van der Waals surface area contributed by atoms with Gasteiger partial charge >= 0.3 is 12.3 Å². The van der Waals surface area contributed by atoms with Crippen molar-refractivity contribution in [2.45, 2.75) is 44.0 Å². The molecule has 0 radical (unpaired) electrons. The summed E-state index contributed by atoms with van der Waals surface area (Å²) in [7, 11) is 0. The maximum absolute atomic E-state index is 13.0. The van der Waals surface area contributed by atoms with Crippen molar-refractivity contribution in [3.63, 3.8) is 0 Å². The Kier molecular flexibility index (Phi) is 5.88. The Labute approximate surface area is 184 Å². The number of alkyl halides is 3. The molecule has 2 atom stereocenters. The van der Waals surface area contributed by atoms with Crippen LogP contribution in [0.2, 0.25) is 0 Å². The molecule has 8 heteroatoms. The Balaban J connectivity index is 1.45. The van der Waals surface area contributed by atoms with Gasteiger partial charge in [0.1, 0.15) is 5.60 Å². The maximum Gasteiger partial charge on any atom is 0.416 e. The van der Waals surface area contributed by atoms with E-state index in [2.05, 4.69) is 0 Å². The Morgan fingerprint density at radius 3 is 2.53 bits per heavy atom. The van der Waals surface area contributed by atoms with E-state index < -0.39 is 23.2 Å². The van der Waals surface area contributed by atoms with Crippen LogP contribution in [-0.2, 0) is 10.9 Å². The lowest BCUT2D eigenvalue weighted by Gasteiger charge is -2.27. The number of hydrogen-bond donors (Lipinski definition) is 0. The molecule has 5 nitrogen and oxygen atoms in total. The summed E-state index contributed by atoms with van der Waals surface area (Å²) in [6.07, 6.45) is -3.23. The maximum atomic E-state index is 13.0. The Bertz CT molecular complexity index is 995. The predicted octanol–water partition coefficient (Wildman–Crippen LogP) is 5.28. The topological polar surface area (TPSA) is 49.9 Å². The lowest BCUT2D eigenvalue weighted by Crippen LogP contribution is -2.37. The monoisotopic (exact) mass is 446 g/mol. The van der Waals surface area contributed by atoms with Gasteiger partial charge in [-0.3, -0.25) is 9.69 Å². The van der Waals surface area contributed by atoms with Crippen LogP contribution in [0.25, 0.3) is 0 Å². The highest BCUT2D eigenvalue weighted by molar-refractivity contribution is 5.94. The van der Waals surface area contributed by atoms with E-state index in [1.807, 2.05) is 37.3 Å². The zero-order valence-corrected chi connectivity index (χ0v) is 17.8. The van der Waals surface area contributed by atoms with Crippen LogP contribution in [0.15, 0.2) is 54.6 Å². The molecular formula is C24H25F3N2O3. The van der Waals surface area contributed by atoms with E-state index in [-0.39, 0.29) is 17.7 Å². The summed E-state index contributed by atoms with van der Waals surface area (Å²) in [5.41, 5.74) is -0.511. The van der Waals surface area contributed by atoms with Gasteiger partial charge in [0.15, 0.2) is 0 Å². The van der Waals surface area contributed by atoms with Gasteiger partial charge in [-0.25, -0.2) is 4.79 Å². The number of halogens is 3. The van der Waals surface area contributed by atoms with Crippen LogP contribution >= 0.6 is 0 Å². The van der Waals surface area contributed by atoms with Gasteiger partial charge in [0, 0.05) is 25.1 Å². The Hall–Kier alpha value is -3.03. The third-order valence-electron chi connectivity index (χ3n) is 6.37. The van der Waals surface area contributed by atoms with Crippen molar-refractivity contribution >= 4 is 12.0 Å².